The zero-order chi connectivity index (χ0) is 23.1. The number of amides is 1. The number of hydrogen-bond donors (Lipinski definition) is 1. The summed E-state index contributed by atoms with van der Waals surface area (Å²) in [5, 5.41) is 0. The van der Waals surface area contributed by atoms with Gasteiger partial charge in [0.25, 0.3) is 5.91 Å². The SMILES string of the molecule is C[C@@H](OC(=O)CCNS(=O)(=O)c1ccc2c(c1)OCCCO2)C(=O)N(C)C1CCCCC1. The van der Waals surface area contributed by atoms with E-state index in [0.717, 1.165) is 25.7 Å². The molecule has 0 aromatic heterocycles. The van der Waals surface area contributed by atoms with Crippen LogP contribution in [0.25, 0.3) is 0 Å². The summed E-state index contributed by atoms with van der Waals surface area (Å²) >= 11 is 0. The number of benzene rings is 1. The van der Waals surface area contributed by atoms with Crippen LogP contribution in [0.3, 0.4) is 0 Å². The summed E-state index contributed by atoms with van der Waals surface area (Å²) in [7, 11) is -2.10. The van der Waals surface area contributed by atoms with E-state index in [-0.39, 0.29) is 29.8 Å². The molecule has 9 nitrogen and oxygen atoms in total. The van der Waals surface area contributed by atoms with E-state index in [2.05, 4.69) is 4.72 Å². The Hall–Kier alpha value is -2.33. The minimum Gasteiger partial charge on any atom is -0.490 e. The van der Waals surface area contributed by atoms with Crippen molar-refractivity contribution in [2.24, 2.45) is 0 Å². The normalized spacial score (nSPS) is 17.8. The maximum Gasteiger partial charge on any atom is 0.307 e. The maximum absolute atomic E-state index is 12.6. The monoisotopic (exact) mass is 468 g/mol. The van der Waals surface area contributed by atoms with E-state index in [1.54, 1.807) is 24.9 Å². The van der Waals surface area contributed by atoms with Gasteiger partial charge in [-0.2, -0.15) is 0 Å². The Morgan fingerprint density at radius 3 is 2.53 bits per heavy atom. The van der Waals surface area contributed by atoms with Crippen LogP contribution in [-0.2, 0) is 24.3 Å². The van der Waals surface area contributed by atoms with Crippen molar-refractivity contribution in [3.05, 3.63) is 18.2 Å². The number of fused-ring (bicyclic) bond motifs is 1. The van der Waals surface area contributed by atoms with Crippen molar-refractivity contribution in [1.82, 2.24) is 9.62 Å². The highest BCUT2D eigenvalue weighted by molar-refractivity contribution is 7.89. The van der Waals surface area contributed by atoms with Gasteiger partial charge in [-0.1, -0.05) is 19.3 Å². The average Bonchev–Trinajstić information content (AvgIpc) is 3.03. The Labute approximate surface area is 189 Å². The van der Waals surface area contributed by atoms with Crippen LogP contribution >= 0.6 is 0 Å². The predicted octanol–water partition coefficient (Wildman–Crippen LogP) is 2.24. The lowest BCUT2D eigenvalue weighted by Gasteiger charge is -2.32. The van der Waals surface area contributed by atoms with Crippen LogP contribution in [0.15, 0.2) is 23.1 Å². The smallest absolute Gasteiger partial charge is 0.307 e. The number of hydrogen-bond acceptors (Lipinski definition) is 7. The second kappa shape index (κ2) is 11.0. The van der Waals surface area contributed by atoms with Crippen molar-refractivity contribution in [2.45, 2.75) is 68.9 Å². The van der Waals surface area contributed by atoms with Gasteiger partial charge in [-0.05, 0) is 31.9 Å². The highest BCUT2D eigenvalue weighted by Crippen LogP contribution is 2.31. The topological polar surface area (TPSA) is 111 Å². The molecule has 3 rings (SSSR count). The molecular formula is C22H32N2O7S. The van der Waals surface area contributed by atoms with E-state index in [1.165, 1.54) is 18.6 Å². The van der Waals surface area contributed by atoms with Crippen molar-refractivity contribution < 1.29 is 32.2 Å². The van der Waals surface area contributed by atoms with Crippen molar-refractivity contribution in [3.63, 3.8) is 0 Å². The van der Waals surface area contributed by atoms with E-state index >= 15 is 0 Å². The van der Waals surface area contributed by atoms with Gasteiger partial charge in [0.15, 0.2) is 17.6 Å². The highest BCUT2D eigenvalue weighted by Gasteiger charge is 2.28. The Kier molecular flexibility index (Phi) is 8.36. The van der Waals surface area contributed by atoms with E-state index in [4.69, 9.17) is 14.2 Å². The van der Waals surface area contributed by atoms with Gasteiger partial charge < -0.3 is 19.1 Å². The lowest BCUT2D eigenvalue weighted by atomic mass is 9.94. The molecule has 1 amide bonds. The minimum atomic E-state index is -3.84. The Balaban J connectivity index is 1.47. The quantitative estimate of drug-likeness (QED) is 0.583. The van der Waals surface area contributed by atoms with Crippen LogP contribution in [0.1, 0.15) is 51.9 Å². The van der Waals surface area contributed by atoms with Gasteiger partial charge in [0, 0.05) is 32.1 Å². The van der Waals surface area contributed by atoms with E-state index in [0.29, 0.717) is 31.1 Å². The molecule has 1 fully saturated rings. The van der Waals surface area contributed by atoms with Gasteiger partial charge in [0.1, 0.15) is 0 Å². The van der Waals surface area contributed by atoms with Gasteiger partial charge in [0.05, 0.1) is 24.5 Å². The molecule has 1 N–H and O–H groups in total. The summed E-state index contributed by atoms with van der Waals surface area (Å²) in [6.45, 7) is 2.36. The minimum absolute atomic E-state index is 0.0211. The summed E-state index contributed by atoms with van der Waals surface area (Å²) < 4.78 is 43.8. The van der Waals surface area contributed by atoms with Crippen LogP contribution in [0, 0.1) is 0 Å². The largest absolute Gasteiger partial charge is 0.490 e. The molecule has 0 radical (unpaired) electrons. The number of sulfonamides is 1. The first-order valence-corrected chi connectivity index (χ1v) is 12.6. The van der Waals surface area contributed by atoms with Crippen LogP contribution in [-0.4, -0.2) is 64.1 Å². The van der Waals surface area contributed by atoms with Gasteiger partial charge >= 0.3 is 5.97 Å². The fourth-order valence-corrected chi connectivity index (χ4v) is 4.97. The van der Waals surface area contributed by atoms with Crippen LogP contribution < -0.4 is 14.2 Å². The van der Waals surface area contributed by atoms with Crippen LogP contribution in [0.2, 0.25) is 0 Å². The summed E-state index contributed by atoms with van der Waals surface area (Å²) in [4.78, 5) is 26.4. The number of nitrogens with zero attached hydrogens (tertiary/aromatic N) is 1. The molecule has 1 atom stereocenters. The highest BCUT2D eigenvalue weighted by atomic mass is 32.2. The summed E-state index contributed by atoms with van der Waals surface area (Å²) in [6.07, 6.45) is 4.93. The molecule has 10 heteroatoms. The number of ether oxygens (including phenoxy) is 3. The van der Waals surface area contributed by atoms with Crippen LogP contribution in [0.4, 0.5) is 0 Å². The molecule has 32 heavy (non-hydrogen) atoms. The summed E-state index contributed by atoms with van der Waals surface area (Å²) in [5.41, 5.74) is 0. The number of carbonyl (C=O) groups is 2. The molecule has 1 aliphatic carbocycles. The number of nitrogens with one attached hydrogen (secondary N) is 1. The first-order chi connectivity index (χ1) is 15.3. The molecule has 178 valence electrons. The van der Waals surface area contributed by atoms with Crippen molar-refractivity contribution >= 4 is 21.9 Å². The number of rotatable bonds is 8. The molecular weight excluding hydrogens is 436 g/mol. The molecule has 1 aliphatic heterocycles. The molecule has 0 unspecified atom stereocenters. The summed E-state index contributed by atoms with van der Waals surface area (Å²) in [5.74, 6) is 0.00312. The lowest BCUT2D eigenvalue weighted by Crippen LogP contribution is -2.44. The third-order valence-corrected chi connectivity index (χ3v) is 7.24. The molecule has 1 saturated carbocycles. The molecule has 2 aliphatic rings. The number of esters is 1. The van der Waals surface area contributed by atoms with Crippen molar-refractivity contribution in [3.8, 4) is 11.5 Å². The second-order valence-electron chi connectivity index (χ2n) is 8.18. The van der Waals surface area contributed by atoms with Gasteiger partial charge in [-0.25, -0.2) is 13.1 Å². The zero-order valence-electron chi connectivity index (χ0n) is 18.7. The number of likely N-dealkylation sites (N-methyl/N-ethyl adjacent to an activating group) is 1. The standard InChI is InChI=1S/C22H32N2O7S/c1-16(22(26)24(2)17-7-4-3-5-8-17)31-21(25)11-12-23-32(27,28)18-9-10-19-20(15-18)30-14-6-13-29-19/h9-10,15-17,23H,3-8,11-14H2,1-2H3/t16-/m1/s1. The summed E-state index contributed by atoms with van der Waals surface area (Å²) in [6, 6.07) is 4.57. The van der Waals surface area contributed by atoms with E-state index in [9.17, 15) is 18.0 Å². The Morgan fingerprint density at radius 2 is 1.81 bits per heavy atom. The van der Waals surface area contributed by atoms with Gasteiger partial charge in [-0.3, -0.25) is 9.59 Å². The average molecular weight is 469 g/mol. The molecule has 1 heterocycles. The Bertz CT molecular complexity index is 913. The molecule has 1 aromatic rings. The molecule has 0 bridgehead atoms. The van der Waals surface area contributed by atoms with Gasteiger partial charge in [0.2, 0.25) is 10.0 Å². The lowest BCUT2D eigenvalue weighted by molar-refractivity contribution is -0.159. The predicted molar refractivity (Wildman–Crippen MR) is 117 cm³/mol. The maximum atomic E-state index is 12.6. The third-order valence-electron chi connectivity index (χ3n) is 5.78. The molecule has 0 saturated heterocycles. The van der Waals surface area contributed by atoms with Crippen LogP contribution in [0.5, 0.6) is 11.5 Å². The second-order valence-corrected chi connectivity index (χ2v) is 9.95. The first kappa shape index (κ1) is 24.3. The zero-order valence-corrected chi connectivity index (χ0v) is 19.5. The third kappa shape index (κ3) is 6.35. The molecule has 0 spiro atoms. The van der Waals surface area contributed by atoms with Crippen molar-refractivity contribution in [2.75, 3.05) is 26.8 Å². The van der Waals surface area contributed by atoms with E-state index < -0.39 is 22.1 Å². The van der Waals surface area contributed by atoms with E-state index in [1.807, 2.05) is 0 Å². The fourth-order valence-electron chi connectivity index (χ4n) is 3.92. The van der Waals surface area contributed by atoms with Gasteiger partial charge in [-0.15, -0.1) is 0 Å². The molecule has 1 aromatic carbocycles. The Morgan fingerprint density at radius 1 is 1.12 bits per heavy atom. The fraction of sp³-hybridized carbons (Fsp3) is 0.636. The van der Waals surface area contributed by atoms with Crippen molar-refractivity contribution in [1.29, 1.82) is 0 Å². The first-order valence-electron chi connectivity index (χ1n) is 11.1. The number of carbonyl (C=O) groups excluding carboxylic acids is 2.